The maximum Gasteiger partial charge on any atom is 0.339 e. The van der Waals surface area contributed by atoms with Crippen molar-refractivity contribution in [2.45, 2.75) is 46.6 Å². The van der Waals surface area contributed by atoms with Crippen LogP contribution in [0.4, 0.5) is 0 Å². The fourth-order valence-electron chi connectivity index (χ4n) is 4.63. The molecule has 1 heterocycles. The number of hydrogen-bond acceptors (Lipinski definition) is 6. The van der Waals surface area contributed by atoms with Crippen LogP contribution >= 0.6 is 0 Å². The normalized spacial score (nSPS) is 11.1. The van der Waals surface area contributed by atoms with E-state index in [4.69, 9.17) is 9.15 Å². The highest BCUT2D eigenvalue weighted by molar-refractivity contribution is 5.98. The highest BCUT2D eigenvalue weighted by Crippen LogP contribution is 2.28. The van der Waals surface area contributed by atoms with Crippen LogP contribution in [0.1, 0.15) is 52.9 Å². The summed E-state index contributed by atoms with van der Waals surface area (Å²) < 4.78 is 11.7. The quantitative estimate of drug-likeness (QED) is 0.0941. The number of benzene rings is 3. The maximum atomic E-state index is 13.0. The number of Topliss-reactive ketones (excluding diaryl/α,β-unsaturated/α-hetero) is 1. The number of rotatable bonds is 12. The Morgan fingerprint density at radius 3 is 2.55 bits per heavy atom. The standard InChI is InChI=1S/C34H37NO5/c1-23(2)11-12-26-19-27(13-15-30(26)36)31(37)21-29-20-28-14-16-32(24(3)33(28)40-34(29)38)39-18-8-17-35(4)22-25-9-6-5-7-10-25/h5-7,9-11,13-16,19-20,36H,8,12,17-18,21-22H2,1-4H3. The molecular weight excluding hydrogens is 502 g/mol. The van der Waals surface area contributed by atoms with Gasteiger partial charge in [-0.1, -0.05) is 42.0 Å². The second kappa shape index (κ2) is 13.3. The monoisotopic (exact) mass is 539 g/mol. The molecule has 0 saturated heterocycles. The number of hydrogen-bond donors (Lipinski definition) is 1. The van der Waals surface area contributed by atoms with Crippen molar-refractivity contribution in [3.05, 3.63) is 117 Å². The third kappa shape index (κ3) is 7.48. The van der Waals surface area contributed by atoms with Gasteiger partial charge in [-0.15, -0.1) is 0 Å². The van der Waals surface area contributed by atoms with Crippen LogP contribution in [-0.2, 0) is 19.4 Å². The Kier molecular flexibility index (Phi) is 9.56. The molecule has 0 radical (unpaired) electrons. The minimum Gasteiger partial charge on any atom is -0.508 e. The zero-order chi connectivity index (χ0) is 28.6. The minimum atomic E-state index is -0.535. The van der Waals surface area contributed by atoms with Gasteiger partial charge in [-0.3, -0.25) is 4.79 Å². The fourth-order valence-corrected chi connectivity index (χ4v) is 4.63. The molecule has 0 aliphatic rings. The molecule has 1 aromatic heterocycles. The number of fused-ring (bicyclic) bond motifs is 1. The van der Waals surface area contributed by atoms with Crippen LogP contribution in [0.15, 0.2) is 87.6 Å². The topological polar surface area (TPSA) is 80.0 Å². The average Bonchev–Trinajstić information content (AvgIpc) is 2.93. The van der Waals surface area contributed by atoms with Gasteiger partial charge in [-0.2, -0.15) is 0 Å². The van der Waals surface area contributed by atoms with Crippen LogP contribution in [0.3, 0.4) is 0 Å². The Hall–Kier alpha value is -4.16. The third-order valence-electron chi connectivity index (χ3n) is 6.89. The van der Waals surface area contributed by atoms with Crippen molar-refractivity contribution >= 4 is 16.8 Å². The van der Waals surface area contributed by atoms with Crippen molar-refractivity contribution in [1.82, 2.24) is 4.90 Å². The Morgan fingerprint density at radius 2 is 1.80 bits per heavy atom. The summed E-state index contributed by atoms with van der Waals surface area (Å²) in [7, 11) is 2.09. The number of nitrogens with zero attached hydrogens (tertiary/aromatic N) is 1. The summed E-state index contributed by atoms with van der Waals surface area (Å²) in [5.41, 5.74) is 4.51. The molecule has 208 valence electrons. The largest absolute Gasteiger partial charge is 0.508 e. The highest BCUT2D eigenvalue weighted by Gasteiger charge is 2.16. The highest BCUT2D eigenvalue weighted by atomic mass is 16.5. The molecule has 3 aromatic carbocycles. The van der Waals surface area contributed by atoms with Gasteiger partial charge in [0.1, 0.15) is 17.1 Å². The van der Waals surface area contributed by atoms with Crippen LogP contribution in [0.5, 0.6) is 11.5 Å². The molecule has 6 heteroatoms. The first-order valence-corrected chi connectivity index (χ1v) is 13.6. The number of aryl methyl sites for hydroxylation is 1. The zero-order valence-electron chi connectivity index (χ0n) is 23.7. The van der Waals surface area contributed by atoms with E-state index in [9.17, 15) is 14.7 Å². The van der Waals surface area contributed by atoms with E-state index in [-0.39, 0.29) is 18.0 Å². The van der Waals surface area contributed by atoms with Gasteiger partial charge in [0.25, 0.3) is 0 Å². The third-order valence-corrected chi connectivity index (χ3v) is 6.89. The van der Waals surface area contributed by atoms with Crippen molar-refractivity contribution < 1.29 is 19.1 Å². The lowest BCUT2D eigenvalue weighted by atomic mass is 9.99. The van der Waals surface area contributed by atoms with Crippen LogP contribution in [0.25, 0.3) is 11.0 Å². The van der Waals surface area contributed by atoms with Gasteiger partial charge < -0.3 is 19.2 Å². The van der Waals surface area contributed by atoms with Crippen LogP contribution < -0.4 is 10.4 Å². The van der Waals surface area contributed by atoms with E-state index in [2.05, 4.69) is 24.1 Å². The Labute approximate surface area is 235 Å². The molecule has 1 N–H and O–H groups in total. The molecule has 0 amide bonds. The summed E-state index contributed by atoms with van der Waals surface area (Å²) in [5, 5.41) is 10.9. The van der Waals surface area contributed by atoms with E-state index in [1.54, 1.807) is 18.2 Å². The van der Waals surface area contributed by atoms with Crippen molar-refractivity contribution in [2.24, 2.45) is 0 Å². The summed E-state index contributed by atoms with van der Waals surface area (Å²) in [6, 6.07) is 20.6. The van der Waals surface area contributed by atoms with Crippen LogP contribution in [0, 0.1) is 6.92 Å². The number of phenols is 1. The van der Waals surface area contributed by atoms with Gasteiger partial charge in [0.2, 0.25) is 0 Å². The number of carbonyl (C=O) groups excluding carboxylic acids is 1. The lowest BCUT2D eigenvalue weighted by Crippen LogP contribution is -2.20. The molecule has 4 rings (SSSR count). The summed E-state index contributed by atoms with van der Waals surface area (Å²) in [6.07, 6.45) is 3.30. The van der Waals surface area contributed by atoms with E-state index < -0.39 is 5.63 Å². The van der Waals surface area contributed by atoms with Crippen LogP contribution in [0.2, 0.25) is 0 Å². The van der Waals surface area contributed by atoms with Gasteiger partial charge in [0.15, 0.2) is 5.78 Å². The minimum absolute atomic E-state index is 0.0844. The molecular formula is C34H37NO5. The average molecular weight is 540 g/mol. The Bertz CT molecular complexity index is 1570. The van der Waals surface area contributed by atoms with Gasteiger partial charge >= 0.3 is 5.63 Å². The number of phenolic OH excluding ortho intramolecular Hbond substituents is 1. The van der Waals surface area contributed by atoms with Gasteiger partial charge in [-0.05, 0) is 88.2 Å². The first-order chi connectivity index (χ1) is 19.2. The molecule has 0 bridgehead atoms. The van der Waals surface area contributed by atoms with E-state index >= 15 is 0 Å². The predicted molar refractivity (Wildman–Crippen MR) is 159 cm³/mol. The molecule has 40 heavy (non-hydrogen) atoms. The van der Waals surface area contributed by atoms with Crippen LogP contribution in [-0.4, -0.2) is 36.0 Å². The summed E-state index contributed by atoms with van der Waals surface area (Å²) in [4.78, 5) is 28.1. The molecule has 0 aliphatic heterocycles. The second-order valence-electron chi connectivity index (χ2n) is 10.5. The molecule has 0 fully saturated rings. The molecule has 0 saturated carbocycles. The summed E-state index contributed by atoms with van der Waals surface area (Å²) >= 11 is 0. The molecule has 0 atom stereocenters. The second-order valence-corrected chi connectivity index (χ2v) is 10.5. The van der Waals surface area contributed by atoms with Crippen molar-refractivity contribution in [1.29, 1.82) is 0 Å². The molecule has 0 spiro atoms. The lowest BCUT2D eigenvalue weighted by Gasteiger charge is -2.17. The van der Waals surface area contributed by atoms with E-state index in [0.29, 0.717) is 41.1 Å². The van der Waals surface area contributed by atoms with Gasteiger partial charge in [0, 0.05) is 41.6 Å². The first-order valence-electron chi connectivity index (χ1n) is 13.6. The smallest absolute Gasteiger partial charge is 0.339 e. The number of ether oxygens (including phenoxy) is 1. The number of allylic oxidation sites excluding steroid dienone is 2. The summed E-state index contributed by atoms with van der Waals surface area (Å²) in [5.74, 6) is 0.615. The Morgan fingerprint density at radius 1 is 1.02 bits per heavy atom. The van der Waals surface area contributed by atoms with E-state index in [0.717, 1.165) is 36.0 Å². The SMILES string of the molecule is CC(C)=CCc1cc(C(=O)Cc2cc3ccc(OCCCN(C)Cc4ccccc4)c(C)c3oc2=O)ccc1O. The van der Waals surface area contributed by atoms with Crippen molar-refractivity contribution in [3.8, 4) is 11.5 Å². The molecule has 0 unspecified atom stereocenters. The fraction of sp³-hybridized carbons (Fsp3) is 0.294. The number of ketones is 1. The van der Waals surface area contributed by atoms with Gasteiger partial charge in [0.05, 0.1) is 6.61 Å². The maximum absolute atomic E-state index is 13.0. The molecule has 6 nitrogen and oxygen atoms in total. The summed E-state index contributed by atoms with van der Waals surface area (Å²) in [6.45, 7) is 8.16. The Balaban J connectivity index is 1.40. The van der Waals surface area contributed by atoms with Crippen molar-refractivity contribution in [3.63, 3.8) is 0 Å². The number of carbonyl (C=O) groups is 1. The van der Waals surface area contributed by atoms with E-state index in [1.165, 1.54) is 11.6 Å². The van der Waals surface area contributed by atoms with Gasteiger partial charge in [-0.25, -0.2) is 4.79 Å². The molecule has 0 aliphatic carbocycles. The lowest BCUT2D eigenvalue weighted by molar-refractivity contribution is 0.0992. The zero-order valence-corrected chi connectivity index (χ0v) is 23.7. The number of aromatic hydroxyl groups is 1. The molecule has 4 aromatic rings. The van der Waals surface area contributed by atoms with Crippen molar-refractivity contribution in [2.75, 3.05) is 20.2 Å². The first kappa shape index (κ1) is 28.8. The predicted octanol–water partition coefficient (Wildman–Crippen LogP) is 6.64. The van der Waals surface area contributed by atoms with E-state index in [1.807, 2.05) is 57.2 Å².